The molecule has 128 valence electrons. The number of carbonyl (C=O) groups excluding carboxylic acids is 1. The first-order valence-electron chi connectivity index (χ1n) is 8.36. The van der Waals surface area contributed by atoms with Crippen LogP contribution in [-0.4, -0.2) is 19.1 Å². The molecule has 2 aromatic carbocycles. The van der Waals surface area contributed by atoms with Gasteiger partial charge in [0, 0.05) is 0 Å². The highest BCUT2D eigenvalue weighted by Gasteiger charge is 2.11. The number of aryl methyl sites for hydroxylation is 1. The van der Waals surface area contributed by atoms with Gasteiger partial charge in [0.1, 0.15) is 0 Å². The van der Waals surface area contributed by atoms with Crippen molar-refractivity contribution in [3.8, 4) is 11.5 Å². The second-order valence-corrected chi connectivity index (χ2v) is 5.55. The van der Waals surface area contributed by atoms with E-state index in [1.54, 1.807) is 6.07 Å². The number of carbonyl (C=O) groups is 1. The molecule has 1 atom stereocenters. The van der Waals surface area contributed by atoms with Crippen LogP contribution >= 0.6 is 0 Å². The molecule has 24 heavy (non-hydrogen) atoms. The highest BCUT2D eigenvalue weighted by molar-refractivity contribution is 5.78. The SMILES string of the molecule is CCOc1ccccc1OCC(=O)NC(C)c1ccc(CC)cc1. The number of para-hydroxylation sites is 2. The molecule has 4 nitrogen and oxygen atoms in total. The molecular weight excluding hydrogens is 302 g/mol. The summed E-state index contributed by atoms with van der Waals surface area (Å²) in [5.74, 6) is 1.07. The molecule has 1 N–H and O–H groups in total. The summed E-state index contributed by atoms with van der Waals surface area (Å²) in [5, 5.41) is 2.95. The minimum atomic E-state index is -0.159. The third kappa shape index (κ3) is 5.01. The van der Waals surface area contributed by atoms with Crippen LogP contribution in [0.25, 0.3) is 0 Å². The van der Waals surface area contributed by atoms with E-state index in [1.165, 1.54) is 5.56 Å². The smallest absolute Gasteiger partial charge is 0.258 e. The van der Waals surface area contributed by atoms with Gasteiger partial charge in [-0.3, -0.25) is 4.79 Å². The lowest BCUT2D eigenvalue weighted by Gasteiger charge is -2.16. The van der Waals surface area contributed by atoms with Crippen molar-refractivity contribution in [3.63, 3.8) is 0 Å². The summed E-state index contributed by atoms with van der Waals surface area (Å²) in [6, 6.07) is 15.6. The summed E-state index contributed by atoms with van der Waals surface area (Å²) in [7, 11) is 0. The molecule has 0 aliphatic carbocycles. The Morgan fingerprint density at radius 2 is 1.62 bits per heavy atom. The fourth-order valence-electron chi connectivity index (χ4n) is 2.40. The second-order valence-electron chi connectivity index (χ2n) is 5.55. The molecule has 2 rings (SSSR count). The molecule has 4 heteroatoms. The number of amides is 1. The van der Waals surface area contributed by atoms with Gasteiger partial charge in [0.05, 0.1) is 12.6 Å². The van der Waals surface area contributed by atoms with Gasteiger partial charge in [-0.25, -0.2) is 0 Å². The second kappa shape index (κ2) is 8.96. The maximum atomic E-state index is 12.1. The number of benzene rings is 2. The molecule has 0 heterocycles. The van der Waals surface area contributed by atoms with Gasteiger partial charge in [-0.1, -0.05) is 43.3 Å². The van der Waals surface area contributed by atoms with E-state index >= 15 is 0 Å². The zero-order chi connectivity index (χ0) is 17.4. The van der Waals surface area contributed by atoms with E-state index in [-0.39, 0.29) is 18.6 Å². The van der Waals surface area contributed by atoms with Crippen molar-refractivity contribution in [1.29, 1.82) is 0 Å². The molecule has 0 aliphatic rings. The van der Waals surface area contributed by atoms with E-state index in [0.29, 0.717) is 18.1 Å². The van der Waals surface area contributed by atoms with Gasteiger partial charge < -0.3 is 14.8 Å². The minimum Gasteiger partial charge on any atom is -0.490 e. The van der Waals surface area contributed by atoms with E-state index in [1.807, 2.05) is 32.0 Å². The third-order valence-electron chi connectivity index (χ3n) is 3.77. The quantitative estimate of drug-likeness (QED) is 0.800. The van der Waals surface area contributed by atoms with Crippen molar-refractivity contribution < 1.29 is 14.3 Å². The Bertz CT molecular complexity index is 652. The molecule has 0 aromatic heterocycles. The zero-order valence-corrected chi connectivity index (χ0v) is 14.5. The van der Waals surface area contributed by atoms with Gasteiger partial charge in [-0.2, -0.15) is 0 Å². The number of hydrogen-bond acceptors (Lipinski definition) is 3. The molecule has 0 bridgehead atoms. The first-order valence-corrected chi connectivity index (χ1v) is 8.36. The highest BCUT2D eigenvalue weighted by Crippen LogP contribution is 2.26. The fraction of sp³-hybridized carbons (Fsp3) is 0.350. The van der Waals surface area contributed by atoms with Crippen LogP contribution in [0, 0.1) is 0 Å². The van der Waals surface area contributed by atoms with E-state index in [9.17, 15) is 4.79 Å². The van der Waals surface area contributed by atoms with Gasteiger partial charge in [-0.05, 0) is 43.5 Å². The summed E-state index contributed by atoms with van der Waals surface area (Å²) in [5.41, 5.74) is 2.36. The predicted octanol–water partition coefficient (Wildman–Crippen LogP) is 3.90. The topological polar surface area (TPSA) is 47.6 Å². The maximum absolute atomic E-state index is 12.1. The molecule has 0 aliphatic heterocycles. The van der Waals surface area contributed by atoms with Gasteiger partial charge >= 0.3 is 0 Å². The lowest BCUT2D eigenvalue weighted by Crippen LogP contribution is -2.31. The van der Waals surface area contributed by atoms with Crippen LogP contribution in [0.15, 0.2) is 48.5 Å². The van der Waals surface area contributed by atoms with Crippen LogP contribution in [0.3, 0.4) is 0 Å². The molecule has 0 saturated heterocycles. The standard InChI is InChI=1S/C20H25NO3/c1-4-16-10-12-17(13-11-16)15(3)21-20(22)14-24-19-9-7-6-8-18(19)23-5-2/h6-13,15H,4-5,14H2,1-3H3,(H,21,22). The fourth-order valence-corrected chi connectivity index (χ4v) is 2.40. The predicted molar refractivity (Wildman–Crippen MR) is 95.5 cm³/mol. The highest BCUT2D eigenvalue weighted by atomic mass is 16.5. The van der Waals surface area contributed by atoms with Crippen molar-refractivity contribution in [2.24, 2.45) is 0 Å². The number of nitrogens with one attached hydrogen (secondary N) is 1. The van der Waals surface area contributed by atoms with Crippen LogP contribution in [0.2, 0.25) is 0 Å². The van der Waals surface area contributed by atoms with Gasteiger partial charge in [-0.15, -0.1) is 0 Å². The first-order chi connectivity index (χ1) is 11.6. The molecule has 0 fully saturated rings. The monoisotopic (exact) mass is 327 g/mol. The Kier molecular flexibility index (Phi) is 6.67. The molecule has 1 unspecified atom stereocenters. The molecule has 0 spiro atoms. The van der Waals surface area contributed by atoms with Gasteiger partial charge in [0.25, 0.3) is 5.91 Å². The molecule has 0 radical (unpaired) electrons. The normalized spacial score (nSPS) is 11.6. The van der Waals surface area contributed by atoms with Gasteiger partial charge in [0.2, 0.25) is 0 Å². The molecular formula is C20H25NO3. The Balaban J connectivity index is 1.88. The number of ether oxygens (including phenoxy) is 2. The summed E-state index contributed by atoms with van der Waals surface area (Å²) in [6.45, 7) is 6.51. The van der Waals surface area contributed by atoms with Gasteiger partial charge in [0.15, 0.2) is 18.1 Å². The summed E-state index contributed by atoms with van der Waals surface area (Å²) in [6.07, 6.45) is 1.01. The van der Waals surface area contributed by atoms with Crippen LogP contribution in [0.4, 0.5) is 0 Å². The lowest BCUT2D eigenvalue weighted by molar-refractivity contribution is -0.123. The van der Waals surface area contributed by atoms with Crippen molar-refractivity contribution >= 4 is 5.91 Å². The Hall–Kier alpha value is -2.49. The molecule has 2 aromatic rings. The van der Waals surface area contributed by atoms with Crippen LogP contribution in [0.5, 0.6) is 11.5 Å². The minimum absolute atomic E-state index is 0.0402. The first kappa shape index (κ1) is 17.9. The summed E-state index contributed by atoms with van der Waals surface area (Å²) < 4.78 is 11.1. The molecule has 0 saturated carbocycles. The van der Waals surface area contributed by atoms with Crippen LogP contribution in [-0.2, 0) is 11.2 Å². The largest absolute Gasteiger partial charge is 0.490 e. The Morgan fingerprint density at radius 3 is 2.21 bits per heavy atom. The van der Waals surface area contributed by atoms with E-state index < -0.39 is 0 Å². The van der Waals surface area contributed by atoms with Crippen molar-refractivity contribution in [2.45, 2.75) is 33.2 Å². The Labute approximate surface area is 143 Å². The van der Waals surface area contributed by atoms with E-state index in [4.69, 9.17) is 9.47 Å². The van der Waals surface area contributed by atoms with Crippen molar-refractivity contribution in [2.75, 3.05) is 13.2 Å². The molecule has 1 amide bonds. The number of rotatable bonds is 8. The average molecular weight is 327 g/mol. The van der Waals surface area contributed by atoms with E-state index in [2.05, 4.69) is 36.5 Å². The third-order valence-corrected chi connectivity index (χ3v) is 3.77. The van der Waals surface area contributed by atoms with Crippen LogP contribution < -0.4 is 14.8 Å². The van der Waals surface area contributed by atoms with E-state index in [0.717, 1.165) is 12.0 Å². The lowest BCUT2D eigenvalue weighted by atomic mass is 10.1. The number of hydrogen-bond donors (Lipinski definition) is 1. The van der Waals surface area contributed by atoms with Crippen molar-refractivity contribution in [1.82, 2.24) is 5.32 Å². The zero-order valence-electron chi connectivity index (χ0n) is 14.5. The summed E-state index contributed by atoms with van der Waals surface area (Å²) in [4.78, 5) is 12.1. The van der Waals surface area contributed by atoms with Crippen LogP contribution in [0.1, 0.15) is 37.9 Å². The van der Waals surface area contributed by atoms with Crippen molar-refractivity contribution in [3.05, 3.63) is 59.7 Å². The summed E-state index contributed by atoms with van der Waals surface area (Å²) >= 11 is 0. The Morgan fingerprint density at radius 1 is 1.00 bits per heavy atom. The maximum Gasteiger partial charge on any atom is 0.258 e. The average Bonchev–Trinajstić information content (AvgIpc) is 2.61.